The lowest BCUT2D eigenvalue weighted by Crippen LogP contribution is -2.34. The zero-order valence-electron chi connectivity index (χ0n) is 11.4. The van der Waals surface area contributed by atoms with Crippen molar-refractivity contribution < 1.29 is 9.53 Å². The molecule has 0 atom stereocenters. The van der Waals surface area contributed by atoms with Crippen LogP contribution in [0.2, 0.25) is 0 Å². The monoisotopic (exact) mass is 262 g/mol. The first kappa shape index (κ1) is 14.0. The van der Waals surface area contributed by atoms with Crippen molar-refractivity contribution in [3.05, 3.63) is 29.8 Å². The molecule has 0 bridgehead atoms. The van der Waals surface area contributed by atoms with Gasteiger partial charge in [-0.25, -0.2) is 0 Å². The largest absolute Gasteiger partial charge is 0.384 e. The van der Waals surface area contributed by atoms with E-state index in [4.69, 9.17) is 4.74 Å². The number of anilines is 1. The second-order valence-electron chi connectivity index (χ2n) is 4.91. The molecule has 104 valence electrons. The van der Waals surface area contributed by atoms with Gasteiger partial charge in [0.15, 0.2) is 0 Å². The first-order valence-electron chi connectivity index (χ1n) is 6.89. The zero-order chi connectivity index (χ0) is 13.5. The van der Waals surface area contributed by atoms with E-state index in [2.05, 4.69) is 10.6 Å². The smallest absolute Gasteiger partial charge is 0.227 e. The molecule has 1 amide bonds. The van der Waals surface area contributed by atoms with Crippen molar-refractivity contribution in [3.8, 4) is 0 Å². The highest BCUT2D eigenvalue weighted by molar-refractivity contribution is 5.93. The SMILES string of the molecule is COCCc1ccccc1NC(=O)C1CCNCC1. The van der Waals surface area contributed by atoms with Crippen LogP contribution in [0.4, 0.5) is 5.69 Å². The number of benzene rings is 1. The van der Waals surface area contributed by atoms with Crippen LogP contribution < -0.4 is 10.6 Å². The fourth-order valence-electron chi connectivity index (χ4n) is 2.39. The van der Waals surface area contributed by atoms with Crippen LogP contribution in [0.1, 0.15) is 18.4 Å². The molecule has 0 aromatic heterocycles. The first-order valence-corrected chi connectivity index (χ1v) is 6.89. The average molecular weight is 262 g/mol. The van der Waals surface area contributed by atoms with Crippen molar-refractivity contribution in [2.24, 2.45) is 5.92 Å². The van der Waals surface area contributed by atoms with Crippen molar-refractivity contribution in [1.82, 2.24) is 5.32 Å². The van der Waals surface area contributed by atoms with E-state index in [-0.39, 0.29) is 11.8 Å². The van der Waals surface area contributed by atoms with Crippen LogP contribution in [-0.4, -0.2) is 32.7 Å². The predicted octanol–water partition coefficient (Wildman–Crippen LogP) is 1.81. The van der Waals surface area contributed by atoms with Crippen LogP contribution in [-0.2, 0) is 16.0 Å². The zero-order valence-corrected chi connectivity index (χ0v) is 11.4. The molecule has 0 spiro atoms. The van der Waals surface area contributed by atoms with Crippen molar-refractivity contribution in [3.63, 3.8) is 0 Å². The topological polar surface area (TPSA) is 50.4 Å². The minimum atomic E-state index is 0.136. The van der Waals surface area contributed by atoms with E-state index in [1.54, 1.807) is 7.11 Å². The van der Waals surface area contributed by atoms with E-state index >= 15 is 0 Å². The van der Waals surface area contributed by atoms with Crippen LogP contribution in [0.25, 0.3) is 0 Å². The number of methoxy groups -OCH3 is 1. The lowest BCUT2D eigenvalue weighted by atomic mass is 9.97. The van der Waals surface area contributed by atoms with Gasteiger partial charge in [0.25, 0.3) is 0 Å². The van der Waals surface area contributed by atoms with Gasteiger partial charge in [-0.15, -0.1) is 0 Å². The standard InChI is InChI=1S/C15H22N2O2/c1-19-11-8-12-4-2-3-5-14(12)17-15(18)13-6-9-16-10-7-13/h2-5,13,16H,6-11H2,1H3,(H,17,18). The molecule has 0 aliphatic carbocycles. The number of hydrogen-bond donors (Lipinski definition) is 2. The molecule has 2 rings (SSSR count). The number of para-hydroxylation sites is 1. The van der Waals surface area contributed by atoms with Gasteiger partial charge in [0, 0.05) is 18.7 Å². The van der Waals surface area contributed by atoms with Gasteiger partial charge in [0.05, 0.1) is 6.61 Å². The van der Waals surface area contributed by atoms with Crippen LogP contribution in [0, 0.1) is 5.92 Å². The summed E-state index contributed by atoms with van der Waals surface area (Å²) in [6.45, 7) is 2.53. The van der Waals surface area contributed by atoms with Gasteiger partial charge in [-0.05, 0) is 44.0 Å². The van der Waals surface area contributed by atoms with Gasteiger partial charge in [0.1, 0.15) is 0 Å². The van der Waals surface area contributed by atoms with Crippen LogP contribution >= 0.6 is 0 Å². The van der Waals surface area contributed by atoms with Crippen LogP contribution in [0.3, 0.4) is 0 Å². The Labute approximate surface area is 114 Å². The van der Waals surface area contributed by atoms with Crippen molar-refractivity contribution in [1.29, 1.82) is 0 Å². The summed E-state index contributed by atoms with van der Waals surface area (Å²) in [5, 5.41) is 6.34. The molecule has 0 radical (unpaired) electrons. The number of rotatable bonds is 5. The molecule has 4 nitrogen and oxygen atoms in total. The molecular weight excluding hydrogens is 240 g/mol. The maximum atomic E-state index is 12.2. The highest BCUT2D eigenvalue weighted by atomic mass is 16.5. The normalized spacial score (nSPS) is 16.3. The fraction of sp³-hybridized carbons (Fsp3) is 0.533. The third-order valence-electron chi connectivity index (χ3n) is 3.56. The number of ether oxygens (including phenoxy) is 1. The molecule has 0 unspecified atom stereocenters. The Morgan fingerprint density at radius 2 is 2.11 bits per heavy atom. The molecule has 19 heavy (non-hydrogen) atoms. The summed E-state index contributed by atoms with van der Waals surface area (Å²) < 4.78 is 5.10. The Kier molecular flexibility index (Phi) is 5.36. The molecule has 1 aliphatic heterocycles. The number of amides is 1. The van der Waals surface area contributed by atoms with E-state index in [1.165, 1.54) is 0 Å². The van der Waals surface area contributed by atoms with Gasteiger partial charge >= 0.3 is 0 Å². The summed E-state index contributed by atoms with van der Waals surface area (Å²) in [5.41, 5.74) is 2.05. The number of hydrogen-bond acceptors (Lipinski definition) is 3. The fourth-order valence-corrected chi connectivity index (χ4v) is 2.39. The van der Waals surface area contributed by atoms with Crippen molar-refractivity contribution in [2.45, 2.75) is 19.3 Å². The average Bonchev–Trinajstić information content (AvgIpc) is 2.47. The summed E-state index contributed by atoms with van der Waals surface area (Å²) in [6, 6.07) is 7.94. The minimum Gasteiger partial charge on any atom is -0.384 e. The lowest BCUT2D eigenvalue weighted by Gasteiger charge is -2.22. The third kappa shape index (κ3) is 4.04. The molecule has 1 aliphatic rings. The highest BCUT2D eigenvalue weighted by Gasteiger charge is 2.21. The van der Waals surface area contributed by atoms with E-state index in [0.717, 1.165) is 43.6 Å². The molecule has 1 aromatic carbocycles. The molecule has 1 saturated heterocycles. The summed E-state index contributed by atoms with van der Waals surface area (Å²) >= 11 is 0. The van der Waals surface area contributed by atoms with Crippen LogP contribution in [0.5, 0.6) is 0 Å². The Balaban J connectivity index is 1.99. The van der Waals surface area contributed by atoms with E-state index in [0.29, 0.717) is 6.61 Å². The molecule has 1 fully saturated rings. The molecule has 1 heterocycles. The Hall–Kier alpha value is -1.39. The molecule has 2 N–H and O–H groups in total. The molecule has 0 saturated carbocycles. The van der Waals surface area contributed by atoms with Gasteiger partial charge in [-0.3, -0.25) is 4.79 Å². The maximum absolute atomic E-state index is 12.2. The van der Waals surface area contributed by atoms with E-state index < -0.39 is 0 Å². The second-order valence-corrected chi connectivity index (χ2v) is 4.91. The van der Waals surface area contributed by atoms with Gasteiger partial charge in [-0.2, -0.15) is 0 Å². The number of nitrogens with one attached hydrogen (secondary N) is 2. The maximum Gasteiger partial charge on any atom is 0.227 e. The number of piperidine rings is 1. The lowest BCUT2D eigenvalue weighted by molar-refractivity contribution is -0.120. The quantitative estimate of drug-likeness (QED) is 0.851. The molecular formula is C15H22N2O2. The Morgan fingerprint density at radius 3 is 2.84 bits per heavy atom. The van der Waals surface area contributed by atoms with E-state index in [9.17, 15) is 4.79 Å². The molecule has 4 heteroatoms. The summed E-state index contributed by atoms with van der Waals surface area (Å²) in [5.74, 6) is 0.281. The summed E-state index contributed by atoms with van der Waals surface area (Å²) in [4.78, 5) is 12.2. The van der Waals surface area contributed by atoms with Crippen LogP contribution in [0.15, 0.2) is 24.3 Å². The summed E-state index contributed by atoms with van der Waals surface area (Å²) in [7, 11) is 1.69. The van der Waals surface area contributed by atoms with Crippen molar-refractivity contribution >= 4 is 11.6 Å². The van der Waals surface area contributed by atoms with E-state index in [1.807, 2.05) is 24.3 Å². The van der Waals surface area contributed by atoms with Gasteiger partial charge < -0.3 is 15.4 Å². The van der Waals surface area contributed by atoms with Crippen molar-refractivity contribution in [2.75, 3.05) is 32.1 Å². The van der Waals surface area contributed by atoms with Gasteiger partial charge in [-0.1, -0.05) is 18.2 Å². The first-order chi connectivity index (χ1) is 9.31. The number of carbonyl (C=O) groups is 1. The summed E-state index contributed by atoms with van der Waals surface area (Å²) in [6.07, 6.45) is 2.66. The minimum absolute atomic E-state index is 0.136. The molecule has 1 aromatic rings. The Bertz CT molecular complexity index is 414. The highest BCUT2D eigenvalue weighted by Crippen LogP contribution is 2.19. The Morgan fingerprint density at radius 1 is 1.37 bits per heavy atom. The second kappa shape index (κ2) is 7.26. The van der Waals surface area contributed by atoms with Gasteiger partial charge in [0.2, 0.25) is 5.91 Å². The third-order valence-corrected chi connectivity index (χ3v) is 3.56. The predicted molar refractivity (Wildman–Crippen MR) is 76.2 cm³/mol. The number of carbonyl (C=O) groups excluding carboxylic acids is 1.